The molecule has 0 radical (unpaired) electrons. The van der Waals surface area contributed by atoms with Crippen LogP contribution >= 0.6 is 0 Å². The zero-order valence-electron chi connectivity index (χ0n) is 9.47. The van der Waals surface area contributed by atoms with E-state index in [9.17, 15) is 4.39 Å². The monoisotopic (exact) mass is 220 g/mol. The van der Waals surface area contributed by atoms with Crippen LogP contribution in [-0.4, -0.2) is 19.1 Å². The first kappa shape index (κ1) is 10.7. The number of aromatic nitrogens is 1. The van der Waals surface area contributed by atoms with Crippen molar-refractivity contribution in [1.82, 2.24) is 4.98 Å². The highest BCUT2D eigenvalue weighted by Gasteiger charge is 2.09. The number of fused-ring (bicyclic) bond motifs is 1. The lowest BCUT2D eigenvalue weighted by Crippen LogP contribution is -1.96. The van der Waals surface area contributed by atoms with Crippen molar-refractivity contribution in [3.8, 4) is 5.75 Å². The molecule has 0 spiro atoms. The molecule has 1 N–H and O–H groups in total. The molecule has 1 aromatic heterocycles. The van der Waals surface area contributed by atoms with Crippen molar-refractivity contribution in [1.29, 1.82) is 0 Å². The first-order valence-corrected chi connectivity index (χ1v) is 4.98. The van der Waals surface area contributed by atoms with E-state index in [0.29, 0.717) is 5.52 Å². The average molecular weight is 220 g/mol. The van der Waals surface area contributed by atoms with Gasteiger partial charge in [-0.15, -0.1) is 0 Å². The second-order valence-corrected chi connectivity index (χ2v) is 3.57. The van der Waals surface area contributed by atoms with E-state index in [0.717, 1.165) is 16.8 Å². The van der Waals surface area contributed by atoms with Gasteiger partial charge in [0.15, 0.2) is 11.6 Å². The molecule has 0 amide bonds. The zero-order chi connectivity index (χ0) is 11.7. The van der Waals surface area contributed by atoms with Crippen LogP contribution in [0.1, 0.15) is 5.69 Å². The SMILES string of the molecule is CNc1cc(C)nc2cc(F)c(OC)cc12. The molecule has 3 nitrogen and oxygen atoms in total. The van der Waals surface area contributed by atoms with Gasteiger partial charge in [-0.05, 0) is 19.1 Å². The molecule has 4 heteroatoms. The van der Waals surface area contributed by atoms with Gasteiger partial charge in [0.2, 0.25) is 0 Å². The first-order valence-electron chi connectivity index (χ1n) is 4.98. The van der Waals surface area contributed by atoms with E-state index in [2.05, 4.69) is 10.3 Å². The minimum Gasteiger partial charge on any atom is -0.494 e. The summed E-state index contributed by atoms with van der Waals surface area (Å²) in [5, 5.41) is 3.92. The van der Waals surface area contributed by atoms with Crippen molar-refractivity contribution in [2.24, 2.45) is 0 Å². The lowest BCUT2D eigenvalue weighted by atomic mass is 10.1. The fourth-order valence-corrected chi connectivity index (χ4v) is 1.72. The van der Waals surface area contributed by atoms with E-state index in [1.54, 1.807) is 6.07 Å². The molecular formula is C12H13FN2O. The maximum atomic E-state index is 13.5. The number of anilines is 1. The number of pyridine rings is 1. The van der Waals surface area contributed by atoms with Gasteiger partial charge in [-0.2, -0.15) is 0 Å². The Morgan fingerprint density at radius 1 is 1.31 bits per heavy atom. The van der Waals surface area contributed by atoms with Crippen LogP contribution in [0, 0.1) is 12.7 Å². The molecule has 0 unspecified atom stereocenters. The van der Waals surface area contributed by atoms with Crippen LogP contribution in [-0.2, 0) is 0 Å². The number of halogens is 1. The normalized spacial score (nSPS) is 10.5. The maximum absolute atomic E-state index is 13.5. The highest BCUT2D eigenvalue weighted by atomic mass is 19.1. The van der Waals surface area contributed by atoms with E-state index >= 15 is 0 Å². The van der Waals surface area contributed by atoms with Crippen molar-refractivity contribution < 1.29 is 9.13 Å². The zero-order valence-corrected chi connectivity index (χ0v) is 9.47. The molecule has 0 atom stereocenters. The van der Waals surface area contributed by atoms with Gasteiger partial charge >= 0.3 is 0 Å². The number of nitrogens with one attached hydrogen (secondary N) is 1. The largest absolute Gasteiger partial charge is 0.494 e. The smallest absolute Gasteiger partial charge is 0.167 e. The lowest BCUT2D eigenvalue weighted by molar-refractivity contribution is 0.387. The number of methoxy groups -OCH3 is 1. The molecule has 0 bridgehead atoms. The van der Waals surface area contributed by atoms with Crippen LogP contribution in [0.4, 0.5) is 10.1 Å². The lowest BCUT2D eigenvalue weighted by Gasteiger charge is -2.09. The summed E-state index contributed by atoms with van der Waals surface area (Å²) in [6.45, 7) is 1.88. The fourth-order valence-electron chi connectivity index (χ4n) is 1.72. The van der Waals surface area contributed by atoms with E-state index < -0.39 is 5.82 Å². The van der Waals surface area contributed by atoms with Gasteiger partial charge in [0, 0.05) is 29.9 Å². The standard InChI is InChI=1S/C12H13FN2O/c1-7-4-10(14-2)8-5-12(16-3)9(13)6-11(8)15-7/h4-6H,1-3H3,(H,14,15). The molecule has 0 aliphatic rings. The fraction of sp³-hybridized carbons (Fsp3) is 0.250. The van der Waals surface area contributed by atoms with Gasteiger partial charge < -0.3 is 10.1 Å². The van der Waals surface area contributed by atoms with E-state index in [4.69, 9.17) is 4.74 Å². The van der Waals surface area contributed by atoms with Gasteiger partial charge in [-0.25, -0.2) is 4.39 Å². The Morgan fingerprint density at radius 3 is 2.69 bits per heavy atom. The first-order chi connectivity index (χ1) is 7.65. The minimum absolute atomic E-state index is 0.231. The Morgan fingerprint density at radius 2 is 2.06 bits per heavy atom. The van der Waals surface area contributed by atoms with Crippen LogP contribution in [0.2, 0.25) is 0 Å². The molecule has 2 rings (SSSR count). The molecule has 2 aromatic rings. The molecule has 1 heterocycles. The number of nitrogens with zero attached hydrogens (tertiary/aromatic N) is 1. The van der Waals surface area contributed by atoms with Gasteiger partial charge in [-0.1, -0.05) is 0 Å². The van der Waals surface area contributed by atoms with Crippen LogP contribution in [0.25, 0.3) is 10.9 Å². The summed E-state index contributed by atoms with van der Waals surface area (Å²) in [6, 6.07) is 4.96. The van der Waals surface area contributed by atoms with Gasteiger partial charge in [0.25, 0.3) is 0 Å². The van der Waals surface area contributed by atoms with Crippen LogP contribution in [0.5, 0.6) is 5.75 Å². The summed E-state index contributed by atoms with van der Waals surface area (Å²) in [7, 11) is 3.27. The number of ether oxygens (including phenoxy) is 1. The third-order valence-corrected chi connectivity index (χ3v) is 2.48. The van der Waals surface area contributed by atoms with Crippen molar-refractivity contribution in [2.75, 3.05) is 19.5 Å². The van der Waals surface area contributed by atoms with E-state index in [1.165, 1.54) is 13.2 Å². The molecule has 0 aliphatic heterocycles. The second kappa shape index (κ2) is 3.96. The second-order valence-electron chi connectivity index (χ2n) is 3.57. The highest BCUT2D eigenvalue weighted by Crippen LogP contribution is 2.29. The summed E-state index contributed by atoms with van der Waals surface area (Å²) in [5.74, 6) is -0.162. The Balaban J connectivity index is 2.79. The van der Waals surface area contributed by atoms with Crippen LogP contribution in [0.15, 0.2) is 18.2 Å². The Labute approximate surface area is 93.3 Å². The third-order valence-electron chi connectivity index (χ3n) is 2.48. The summed E-state index contributed by atoms with van der Waals surface area (Å²) in [4.78, 5) is 4.28. The molecule has 0 saturated carbocycles. The van der Waals surface area contributed by atoms with Crippen LogP contribution in [0.3, 0.4) is 0 Å². The number of rotatable bonds is 2. The number of benzene rings is 1. The predicted octanol–water partition coefficient (Wildman–Crippen LogP) is 2.73. The van der Waals surface area contributed by atoms with Crippen molar-refractivity contribution in [3.63, 3.8) is 0 Å². The molecule has 1 aromatic carbocycles. The Bertz CT molecular complexity index is 540. The summed E-state index contributed by atoms with van der Waals surface area (Å²) < 4.78 is 18.5. The predicted molar refractivity (Wildman–Crippen MR) is 62.5 cm³/mol. The van der Waals surface area contributed by atoms with Crippen molar-refractivity contribution in [2.45, 2.75) is 6.92 Å². The Hall–Kier alpha value is -1.84. The number of hydrogen-bond acceptors (Lipinski definition) is 3. The van der Waals surface area contributed by atoms with Gasteiger partial charge in [0.1, 0.15) is 0 Å². The molecule has 16 heavy (non-hydrogen) atoms. The van der Waals surface area contributed by atoms with E-state index in [1.807, 2.05) is 20.0 Å². The van der Waals surface area contributed by atoms with Crippen molar-refractivity contribution >= 4 is 16.6 Å². The molecule has 84 valence electrons. The molecule has 0 aliphatic carbocycles. The van der Waals surface area contributed by atoms with Crippen LogP contribution < -0.4 is 10.1 Å². The van der Waals surface area contributed by atoms with Crippen molar-refractivity contribution in [3.05, 3.63) is 29.7 Å². The summed E-state index contributed by atoms with van der Waals surface area (Å²) in [5.41, 5.74) is 2.39. The maximum Gasteiger partial charge on any atom is 0.167 e. The number of aryl methyl sites for hydroxylation is 1. The van der Waals surface area contributed by atoms with E-state index in [-0.39, 0.29) is 5.75 Å². The molecule has 0 saturated heterocycles. The topological polar surface area (TPSA) is 34.2 Å². The summed E-state index contributed by atoms with van der Waals surface area (Å²) >= 11 is 0. The van der Waals surface area contributed by atoms with Gasteiger partial charge in [0.05, 0.1) is 12.6 Å². The average Bonchev–Trinajstić information content (AvgIpc) is 2.26. The minimum atomic E-state index is -0.393. The Kier molecular flexibility index (Phi) is 2.64. The molecular weight excluding hydrogens is 207 g/mol. The summed E-state index contributed by atoms with van der Waals surface area (Å²) in [6.07, 6.45) is 0. The van der Waals surface area contributed by atoms with Gasteiger partial charge in [-0.3, -0.25) is 4.98 Å². The quantitative estimate of drug-likeness (QED) is 0.845. The molecule has 0 fully saturated rings. The number of hydrogen-bond donors (Lipinski definition) is 1. The highest BCUT2D eigenvalue weighted by molar-refractivity contribution is 5.92. The third kappa shape index (κ3) is 1.66.